The SMILES string of the molecule is CC(C)CC(NC(=O)[C@H](CC(C)C)NC(=O)OCc1ccccc1)C(=O)N[C@H](C=O)Cc1ccc(O)cc1. The van der Waals surface area contributed by atoms with Crippen LogP contribution in [0.4, 0.5) is 4.79 Å². The van der Waals surface area contributed by atoms with Crippen molar-refractivity contribution in [1.29, 1.82) is 0 Å². The summed E-state index contributed by atoms with van der Waals surface area (Å²) in [5.41, 5.74) is 1.58. The topological polar surface area (TPSA) is 134 Å². The third-order valence-corrected chi connectivity index (χ3v) is 5.75. The molecule has 0 bridgehead atoms. The molecule has 3 amide bonds. The summed E-state index contributed by atoms with van der Waals surface area (Å²) in [6.45, 7) is 7.76. The maximum atomic E-state index is 13.2. The molecule has 2 aromatic rings. The van der Waals surface area contributed by atoms with Gasteiger partial charge >= 0.3 is 6.09 Å². The first kappa shape index (κ1) is 30.3. The van der Waals surface area contributed by atoms with E-state index >= 15 is 0 Å². The van der Waals surface area contributed by atoms with Crippen LogP contribution < -0.4 is 16.0 Å². The molecule has 0 fully saturated rings. The van der Waals surface area contributed by atoms with Crippen molar-refractivity contribution in [3.05, 3.63) is 65.7 Å². The molecule has 0 aliphatic heterocycles. The summed E-state index contributed by atoms with van der Waals surface area (Å²) in [7, 11) is 0. The number of phenols is 1. The summed E-state index contributed by atoms with van der Waals surface area (Å²) in [5.74, 6) is -0.726. The van der Waals surface area contributed by atoms with Crippen LogP contribution in [-0.4, -0.2) is 47.4 Å². The van der Waals surface area contributed by atoms with Crippen LogP contribution >= 0.6 is 0 Å². The van der Waals surface area contributed by atoms with Crippen LogP contribution in [0.1, 0.15) is 51.7 Å². The predicted octanol–water partition coefficient (Wildman–Crippen LogP) is 3.49. The largest absolute Gasteiger partial charge is 0.508 e. The van der Waals surface area contributed by atoms with Crippen molar-refractivity contribution in [3.63, 3.8) is 0 Å². The number of aromatic hydroxyl groups is 1. The number of nitrogens with one attached hydrogen (secondary N) is 3. The predicted molar refractivity (Wildman–Crippen MR) is 144 cm³/mol. The molecule has 0 aromatic heterocycles. The second kappa shape index (κ2) is 15.4. The molecule has 1 unspecified atom stereocenters. The van der Waals surface area contributed by atoms with Crippen LogP contribution in [0, 0.1) is 11.8 Å². The number of ether oxygens (including phenoxy) is 1. The second-order valence-corrected chi connectivity index (χ2v) is 10.2. The van der Waals surface area contributed by atoms with Crippen molar-refractivity contribution in [3.8, 4) is 5.75 Å². The number of hydrogen-bond acceptors (Lipinski definition) is 6. The highest BCUT2D eigenvalue weighted by Crippen LogP contribution is 2.13. The summed E-state index contributed by atoms with van der Waals surface area (Å²) < 4.78 is 5.27. The Morgan fingerprint density at radius 2 is 1.34 bits per heavy atom. The highest BCUT2D eigenvalue weighted by Gasteiger charge is 2.29. The zero-order valence-corrected chi connectivity index (χ0v) is 22.5. The summed E-state index contributed by atoms with van der Waals surface area (Å²) in [6.07, 6.45) is 0.845. The minimum absolute atomic E-state index is 0.0647. The van der Waals surface area contributed by atoms with E-state index in [-0.39, 0.29) is 30.6 Å². The molecule has 38 heavy (non-hydrogen) atoms. The molecule has 3 atom stereocenters. The van der Waals surface area contributed by atoms with E-state index in [1.54, 1.807) is 12.1 Å². The zero-order chi connectivity index (χ0) is 28.1. The first-order valence-electron chi connectivity index (χ1n) is 12.9. The molecule has 4 N–H and O–H groups in total. The van der Waals surface area contributed by atoms with Gasteiger partial charge in [0.25, 0.3) is 0 Å². The van der Waals surface area contributed by atoms with Crippen LogP contribution in [-0.2, 0) is 32.1 Å². The maximum absolute atomic E-state index is 13.2. The van der Waals surface area contributed by atoms with Gasteiger partial charge in [-0.3, -0.25) is 9.59 Å². The zero-order valence-electron chi connectivity index (χ0n) is 22.5. The lowest BCUT2D eigenvalue weighted by Gasteiger charge is -2.26. The fourth-order valence-corrected chi connectivity index (χ4v) is 3.89. The van der Waals surface area contributed by atoms with Gasteiger partial charge in [0.15, 0.2) is 0 Å². The van der Waals surface area contributed by atoms with E-state index in [1.165, 1.54) is 12.1 Å². The summed E-state index contributed by atoms with van der Waals surface area (Å²) in [4.78, 5) is 50.4. The lowest BCUT2D eigenvalue weighted by molar-refractivity contribution is -0.131. The van der Waals surface area contributed by atoms with Gasteiger partial charge in [-0.25, -0.2) is 4.79 Å². The molecule has 2 rings (SSSR count). The van der Waals surface area contributed by atoms with E-state index in [0.717, 1.165) is 11.1 Å². The Morgan fingerprint density at radius 3 is 1.89 bits per heavy atom. The number of rotatable bonds is 14. The summed E-state index contributed by atoms with van der Waals surface area (Å²) in [5, 5.41) is 17.5. The van der Waals surface area contributed by atoms with Gasteiger partial charge in [0.1, 0.15) is 30.7 Å². The van der Waals surface area contributed by atoms with E-state index in [4.69, 9.17) is 4.74 Å². The Bertz CT molecular complexity index is 1040. The van der Waals surface area contributed by atoms with Gasteiger partial charge in [-0.1, -0.05) is 70.2 Å². The number of benzene rings is 2. The number of hydrogen-bond donors (Lipinski definition) is 4. The third kappa shape index (κ3) is 11.0. The number of amides is 3. The standard InChI is InChI=1S/C29H39N3O6/c1-19(2)14-25(27(35)30-23(17-33)16-21-10-12-24(34)13-11-21)31-28(36)26(15-20(3)4)32-29(37)38-18-22-8-6-5-7-9-22/h5-13,17,19-20,23,25-26,34H,14-16,18H2,1-4H3,(H,30,35)(H,31,36)(H,32,37)/t23-,25?,26-/m0/s1. The molecular formula is C29H39N3O6. The van der Waals surface area contributed by atoms with Gasteiger partial charge in [-0.05, 0) is 54.4 Å². The number of carbonyl (C=O) groups excluding carboxylic acids is 4. The lowest BCUT2D eigenvalue weighted by Crippen LogP contribution is -2.55. The molecule has 9 nitrogen and oxygen atoms in total. The molecule has 0 heterocycles. The molecular weight excluding hydrogens is 486 g/mol. The lowest BCUT2D eigenvalue weighted by atomic mass is 9.99. The monoisotopic (exact) mass is 525 g/mol. The highest BCUT2D eigenvalue weighted by molar-refractivity contribution is 5.92. The molecule has 0 saturated carbocycles. The summed E-state index contributed by atoms with van der Waals surface area (Å²) >= 11 is 0. The van der Waals surface area contributed by atoms with Crippen LogP contribution in [0.25, 0.3) is 0 Å². The third-order valence-electron chi connectivity index (χ3n) is 5.75. The van der Waals surface area contributed by atoms with Crippen molar-refractivity contribution < 1.29 is 29.0 Å². The second-order valence-electron chi connectivity index (χ2n) is 10.2. The number of aldehydes is 1. The number of carbonyl (C=O) groups is 4. The van der Waals surface area contributed by atoms with Crippen LogP contribution in [0.15, 0.2) is 54.6 Å². The molecule has 2 aromatic carbocycles. The molecule has 0 radical (unpaired) electrons. The molecule has 0 spiro atoms. The van der Waals surface area contributed by atoms with E-state index in [9.17, 15) is 24.3 Å². The Morgan fingerprint density at radius 1 is 0.789 bits per heavy atom. The fourth-order valence-electron chi connectivity index (χ4n) is 3.89. The van der Waals surface area contributed by atoms with Gasteiger partial charge in [-0.15, -0.1) is 0 Å². The fraction of sp³-hybridized carbons (Fsp3) is 0.448. The van der Waals surface area contributed by atoms with E-state index in [0.29, 0.717) is 19.1 Å². The van der Waals surface area contributed by atoms with Gasteiger partial charge < -0.3 is 30.6 Å². The number of phenolic OH excluding ortho intramolecular Hbond substituents is 1. The van der Waals surface area contributed by atoms with E-state index in [1.807, 2.05) is 58.0 Å². The average molecular weight is 526 g/mol. The average Bonchev–Trinajstić information content (AvgIpc) is 2.87. The summed E-state index contributed by atoms with van der Waals surface area (Å²) in [6, 6.07) is 12.9. The van der Waals surface area contributed by atoms with Gasteiger partial charge in [0, 0.05) is 0 Å². The normalized spacial score (nSPS) is 13.3. The quantitative estimate of drug-likeness (QED) is 0.279. The van der Waals surface area contributed by atoms with Gasteiger partial charge in [0.05, 0.1) is 6.04 Å². The van der Waals surface area contributed by atoms with Crippen molar-refractivity contribution in [1.82, 2.24) is 16.0 Å². The van der Waals surface area contributed by atoms with E-state index in [2.05, 4.69) is 16.0 Å². The molecule has 206 valence electrons. The molecule has 0 saturated heterocycles. The Kier molecular flexibility index (Phi) is 12.3. The van der Waals surface area contributed by atoms with Crippen molar-refractivity contribution in [2.24, 2.45) is 11.8 Å². The molecule has 9 heteroatoms. The van der Waals surface area contributed by atoms with Crippen LogP contribution in [0.2, 0.25) is 0 Å². The Hall–Kier alpha value is -3.88. The molecule has 0 aliphatic carbocycles. The minimum Gasteiger partial charge on any atom is -0.508 e. The van der Waals surface area contributed by atoms with Crippen molar-refractivity contribution >= 4 is 24.2 Å². The Labute approximate surface area is 224 Å². The van der Waals surface area contributed by atoms with Gasteiger partial charge in [-0.2, -0.15) is 0 Å². The van der Waals surface area contributed by atoms with Gasteiger partial charge in [0.2, 0.25) is 11.8 Å². The first-order chi connectivity index (χ1) is 18.1. The van der Waals surface area contributed by atoms with Crippen molar-refractivity contribution in [2.75, 3.05) is 0 Å². The molecule has 0 aliphatic rings. The Balaban J connectivity index is 2.04. The smallest absolute Gasteiger partial charge is 0.408 e. The number of alkyl carbamates (subject to hydrolysis) is 1. The van der Waals surface area contributed by atoms with Crippen molar-refractivity contribution in [2.45, 2.75) is 71.7 Å². The highest BCUT2D eigenvalue weighted by atomic mass is 16.5. The van der Waals surface area contributed by atoms with E-state index < -0.39 is 36.0 Å². The maximum Gasteiger partial charge on any atom is 0.408 e. The first-order valence-corrected chi connectivity index (χ1v) is 12.9. The van der Waals surface area contributed by atoms with Crippen LogP contribution in [0.3, 0.4) is 0 Å². The van der Waals surface area contributed by atoms with Crippen LogP contribution in [0.5, 0.6) is 5.75 Å². The minimum atomic E-state index is -0.903.